The van der Waals surface area contributed by atoms with E-state index in [0.717, 1.165) is 22.5 Å². The highest BCUT2D eigenvalue weighted by Crippen LogP contribution is 2.19. The molecule has 8 nitrogen and oxygen atoms in total. The first-order valence-corrected chi connectivity index (χ1v) is 10.0. The van der Waals surface area contributed by atoms with E-state index in [1.165, 1.54) is 16.7 Å². The lowest BCUT2D eigenvalue weighted by molar-refractivity contribution is -0.131. The summed E-state index contributed by atoms with van der Waals surface area (Å²) in [6.45, 7) is 3.86. The Morgan fingerprint density at radius 2 is 1.90 bits per heavy atom. The molecule has 0 bridgehead atoms. The van der Waals surface area contributed by atoms with E-state index in [-0.39, 0.29) is 24.1 Å². The van der Waals surface area contributed by atoms with Crippen LogP contribution < -0.4 is 5.32 Å². The number of nitrogens with zero attached hydrogens (tertiary/aromatic N) is 5. The van der Waals surface area contributed by atoms with Crippen LogP contribution in [-0.4, -0.2) is 56.3 Å². The van der Waals surface area contributed by atoms with Gasteiger partial charge >= 0.3 is 0 Å². The first-order chi connectivity index (χ1) is 13.9. The number of thioether (sulfide) groups is 1. The molecule has 0 spiro atoms. The Morgan fingerprint density at radius 3 is 2.66 bits per heavy atom. The number of aryl methyl sites for hydroxylation is 2. The molecule has 0 saturated carbocycles. The summed E-state index contributed by atoms with van der Waals surface area (Å²) in [5, 5.41) is 15.0. The largest absolute Gasteiger partial charge is 0.336 e. The molecule has 3 rings (SSSR count). The number of likely N-dealkylation sites (N-methyl/N-ethyl adjacent to an activating group) is 1. The fourth-order valence-electron chi connectivity index (χ4n) is 2.60. The van der Waals surface area contributed by atoms with E-state index >= 15 is 0 Å². The van der Waals surface area contributed by atoms with Crippen molar-refractivity contribution >= 4 is 29.3 Å². The number of para-hydroxylation sites is 1. The molecule has 0 radical (unpaired) electrons. The molecular formula is C20H22N6O2S. The zero-order chi connectivity index (χ0) is 20.8. The summed E-state index contributed by atoms with van der Waals surface area (Å²) < 4.78 is 1.57. The molecule has 0 aliphatic carbocycles. The highest BCUT2D eigenvalue weighted by Gasteiger charge is 2.16. The maximum atomic E-state index is 12.4. The summed E-state index contributed by atoms with van der Waals surface area (Å²) in [5.41, 5.74) is 3.60. The van der Waals surface area contributed by atoms with Gasteiger partial charge < -0.3 is 10.2 Å². The van der Waals surface area contributed by atoms with E-state index in [1.54, 1.807) is 11.7 Å². The number of benzene rings is 2. The quantitative estimate of drug-likeness (QED) is 0.602. The van der Waals surface area contributed by atoms with Gasteiger partial charge in [-0.25, -0.2) is 0 Å². The predicted molar refractivity (Wildman–Crippen MR) is 112 cm³/mol. The van der Waals surface area contributed by atoms with Crippen LogP contribution in [0.3, 0.4) is 0 Å². The zero-order valence-corrected chi connectivity index (χ0v) is 17.3. The molecule has 1 N–H and O–H groups in total. The van der Waals surface area contributed by atoms with Gasteiger partial charge in [-0.1, -0.05) is 42.1 Å². The Labute approximate surface area is 173 Å². The lowest BCUT2D eigenvalue weighted by atomic mass is 10.1. The fourth-order valence-corrected chi connectivity index (χ4v) is 3.43. The first-order valence-electron chi connectivity index (χ1n) is 9.01. The third-order valence-corrected chi connectivity index (χ3v) is 5.14. The van der Waals surface area contributed by atoms with Gasteiger partial charge in [0.05, 0.1) is 18.0 Å². The molecule has 29 heavy (non-hydrogen) atoms. The van der Waals surface area contributed by atoms with Crippen LogP contribution in [-0.2, 0) is 9.59 Å². The molecule has 3 aromatic rings. The van der Waals surface area contributed by atoms with E-state index in [2.05, 4.69) is 20.8 Å². The van der Waals surface area contributed by atoms with Crippen LogP contribution in [0.25, 0.3) is 5.69 Å². The third kappa shape index (κ3) is 5.41. The van der Waals surface area contributed by atoms with Crippen LogP contribution in [0.4, 0.5) is 5.69 Å². The predicted octanol–water partition coefficient (Wildman–Crippen LogP) is 2.47. The van der Waals surface area contributed by atoms with Gasteiger partial charge in [0.15, 0.2) is 0 Å². The van der Waals surface area contributed by atoms with Gasteiger partial charge in [0.2, 0.25) is 17.0 Å². The monoisotopic (exact) mass is 410 g/mol. The van der Waals surface area contributed by atoms with Crippen molar-refractivity contribution in [2.24, 2.45) is 0 Å². The summed E-state index contributed by atoms with van der Waals surface area (Å²) in [6.07, 6.45) is 0. The minimum Gasteiger partial charge on any atom is -0.336 e. The number of anilines is 1. The van der Waals surface area contributed by atoms with Gasteiger partial charge in [0.1, 0.15) is 0 Å². The molecule has 1 aromatic heterocycles. The van der Waals surface area contributed by atoms with Crippen LogP contribution in [0.1, 0.15) is 11.1 Å². The third-order valence-electron chi connectivity index (χ3n) is 4.24. The topological polar surface area (TPSA) is 93.0 Å². The maximum Gasteiger partial charge on any atom is 0.243 e. The van der Waals surface area contributed by atoms with Crippen molar-refractivity contribution in [3.8, 4) is 5.69 Å². The Morgan fingerprint density at radius 1 is 1.14 bits per heavy atom. The van der Waals surface area contributed by atoms with Crippen molar-refractivity contribution in [2.75, 3.05) is 24.7 Å². The number of nitrogens with one attached hydrogen (secondary N) is 1. The average molecular weight is 411 g/mol. The van der Waals surface area contributed by atoms with Crippen molar-refractivity contribution in [3.63, 3.8) is 0 Å². The number of aromatic nitrogens is 4. The number of tetrazole rings is 1. The van der Waals surface area contributed by atoms with Gasteiger partial charge in [-0.15, -0.1) is 5.10 Å². The molecule has 2 amide bonds. The zero-order valence-electron chi connectivity index (χ0n) is 16.5. The van der Waals surface area contributed by atoms with Gasteiger partial charge in [0, 0.05) is 12.7 Å². The molecule has 0 aliphatic heterocycles. The van der Waals surface area contributed by atoms with Crippen molar-refractivity contribution in [1.29, 1.82) is 0 Å². The van der Waals surface area contributed by atoms with Crippen molar-refractivity contribution in [3.05, 3.63) is 59.7 Å². The molecule has 0 saturated heterocycles. The van der Waals surface area contributed by atoms with Crippen LogP contribution in [0.5, 0.6) is 0 Å². The summed E-state index contributed by atoms with van der Waals surface area (Å²) in [5.74, 6) is -0.303. The number of hydrogen-bond acceptors (Lipinski definition) is 6. The number of carbonyl (C=O) groups excluding carboxylic acids is 2. The minimum atomic E-state index is -0.242. The summed E-state index contributed by atoms with van der Waals surface area (Å²) in [4.78, 5) is 26.1. The standard InChI is InChI=1S/C20H22N6O2S/c1-14-9-10-15(2)17(11-14)21-18(27)12-25(3)19(28)13-29-20-22-23-24-26(20)16-7-5-4-6-8-16/h4-11H,12-13H2,1-3H3,(H,21,27). The second kappa shape index (κ2) is 9.33. The normalized spacial score (nSPS) is 10.6. The van der Waals surface area contributed by atoms with Crippen LogP contribution in [0.2, 0.25) is 0 Å². The summed E-state index contributed by atoms with van der Waals surface area (Å²) in [6, 6.07) is 15.3. The summed E-state index contributed by atoms with van der Waals surface area (Å²) in [7, 11) is 1.60. The van der Waals surface area contributed by atoms with Crippen LogP contribution in [0.15, 0.2) is 53.7 Å². The molecular weight excluding hydrogens is 388 g/mol. The van der Waals surface area contributed by atoms with E-state index in [1.807, 2.05) is 62.4 Å². The lowest BCUT2D eigenvalue weighted by Gasteiger charge is -2.17. The number of amides is 2. The molecule has 0 fully saturated rings. The maximum absolute atomic E-state index is 12.4. The van der Waals surface area contributed by atoms with Gasteiger partial charge in [-0.05, 0) is 53.6 Å². The smallest absolute Gasteiger partial charge is 0.243 e. The Bertz CT molecular complexity index is 1010. The molecule has 1 heterocycles. The minimum absolute atomic E-state index is 0.0313. The van der Waals surface area contributed by atoms with Gasteiger partial charge in [0.25, 0.3) is 0 Å². The van der Waals surface area contributed by atoms with E-state index in [4.69, 9.17) is 0 Å². The van der Waals surface area contributed by atoms with E-state index < -0.39 is 0 Å². The number of rotatable bonds is 7. The second-order valence-electron chi connectivity index (χ2n) is 6.61. The van der Waals surface area contributed by atoms with E-state index in [9.17, 15) is 9.59 Å². The number of hydrogen-bond donors (Lipinski definition) is 1. The lowest BCUT2D eigenvalue weighted by Crippen LogP contribution is -2.36. The van der Waals surface area contributed by atoms with Crippen molar-refractivity contribution in [1.82, 2.24) is 25.1 Å². The Hall–Kier alpha value is -3.20. The van der Waals surface area contributed by atoms with Crippen LogP contribution >= 0.6 is 11.8 Å². The molecule has 0 aliphatic rings. The molecule has 0 unspecified atom stereocenters. The molecule has 0 atom stereocenters. The average Bonchev–Trinajstić information content (AvgIpc) is 3.18. The highest BCUT2D eigenvalue weighted by atomic mass is 32.2. The van der Waals surface area contributed by atoms with E-state index in [0.29, 0.717) is 5.16 Å². The first kappa shape index (κ1) is 20.5. The second-order valence-corrected chi connectivity index (χ2v) is 7.56. The van der Waals surface area contributed by atoms with Gasteiger partial charge in [-0.3, -0.25) is 9.59 Å². The fraction of sp³-hybridized carbons (Fsp3) is 0.250. The SMILES string of the molecule is Cc1ccc(C)c(NC(=O)CN(C)C(=O)CSc2nnnn2-c2ccccc2)c1. The van der Waals surface area contributed by atoms with Crippen LogP contribution in [0, 0.1) is 13.8 Å². The Kier molecular flexibility index (Phi) is 6.61. The molecule has 150 valence electrons. The highest BCUT2D eigenvalue weighted by molar-refractivity contribution is 7.99. The Balaban J connectivity index is 1.54. The number of carbonyl (C=O) groups is 2. The van der Waals surface area contributed by atoms with Gasteiger partial charge in [-0.2, -0.15) is 4.68 Å². The molecule has 2 aromatic carbocycles. The van der Waals surface area contributed by atoms with Crippen molar-refractivity contribution < 1.29 is 9.59 Å². The molecule has 9 heteroatoms. The van der Waals surface area contributed by atoms with Crippen molar-refractivity contribution in [2.45, 2.75) is 19.0 Å². The summed E-state index contributed by atoms with van der Waals surface area (Å²) >= 11 is 1.22.